The van der Waals surface area contributed by atoms with E-state index in [1.54, 1.807) is 11.9 Å². The number of piperidine rings is 1. The van der Waals surface area contributed by atoms with Gasteiger partial charge in [0, 0.05) is 43.4 Å². The van der Waals surface area contributed by atoms with Crippen LogP contribution in [0.4, 0.5) is 0 Å². The number of aromatic nitrogens is 1. The van der Waals surface area contributed by atoms with Gasteiger partial charge in [0.05, 0.1) is 17.2 Å². The molecule has 0 aromatic carbocycles. The standard InChI is InChI=1S/C19H30N4OS/c1-20-18(24)13-22-9-5-14(6-10-22)19-21-16-7-11-23(15-3-2-4-15)12-8-17(16)25-19/h14-15H,2-13H2,1H3,(H,20,24). The van der Waals surface area contributed by atoms with E-state index in [0.29, 0.717) is 12.5 Å². The maximum absolute atomic E-state index is 11.5. The highest BCUT2D eigenvalue weighted by atomic mass is 32.1. The second-order valence-corrected chi connectivity index (χ2v) is 8.88. The molecule has 0 bridgehead atoms. The number of likely N-dealkylation sites (tertiary alicyclic amines) is 1. The Kier molecular flexibility index (Phi) is 5.39. The van der Waals surface area contributed by atoms with Crippen molar-refractivity contribution in [2.75, 3.05) is 39.8 Å². The Bertz CT molecular complexity index is 579. The van der Waals surface area contributed by atoms with Gasteiger partial charge in [-0.1, -0.05) is 6.42 Å². The third-order valence-corrected chi connectivity index (χ3v) is 7.55. The van der Waals surface area contributed by atoms with E-state index < -0.39 is 0 Å². The van der Waals surface area contributed by atoms with Crippen molar-refractivity contribution in [3.63, 3.8) is 0 Å². The Labute approximate surface area is 154 Å². The van der Waals surface area contributed by atoms with Gasteiger partial charge >= 0.3 is 0 Å². The summed E-state index contributed by atoms with van der Waals surface area (Å²) in [6.45, 7) is 4.99. The molecule has 1 N–H and O–H groups in total. The van der Waals surface area contributed by atoms with Gasteiger partial charge < -0.3 is 5.32 Å². The lowest BCUT2D eigenvalue weighted by atomic mass is 9.91. The zero-order valence-corrected chi connectivity index (χ0v) is 16.1. The number of fused-ring (bicyclic) bond motifs is 1. The monoisotopic (exact) mass is 362 g/mol. The molecule has 6 heteroatoms. The van der Waals surface area contributed by atoms with Gasteiger partial charge in [0.2, 0.25) is 5.91 Å². The molecule has 4 rings (SSSR count). The Morgan fingerprint density at radius 2 is 1.92 bits per heavy atom. The molecular weight excluding hydrogens is 332 g/mol. The van der Waals surface area contributed by atoms with Crippen LogP contribution in [0, 0.1) is 0 Å². The first-order valence-electron chi connectivity index (χ1n) is 9.88. The fourth-order valence-electron chi connectivity index (χ4n) is 4.31. The van der Waals surface area contributed by atoms with Crippen molar-refractivity contribution in [2.24, 2.45) is 0 Å². The summed E-state index contributed by atoms with van der Waals surface area (Å²) in [5, 5.41) is 4.08. The maximum atomic E-state index is 11.5. The molecule has 5 nitrogen and oxygen atoms in total. The Morgan fingerprint density at radius 1 is 1.16 bits per heavy atom. The number of thiazole rings is 1. The Balaban J connectivity index is 1.32. The quantitative estimate of drug-likeness (QED) is 0.890. The molecule has 1 aromatic rings. The molecule has 0 spiro atoms. The maximum Gasteiger partial charge on any atom is 0.233 e. The van der Waals surface area contributed by atoms with Crippen molar-refractivity contribution in [2.45, 2.75) is 56.9 Å². The number of likely N-dealkylation sites (N-methyl/N-ethyl adjacent to an activating group) is 1. The highest BCUT2D eigenvalue weighted by molar-refractivity contribution is 7.11. The second kappa shape index (κ2) is 7.72. The van der Waals surface area contributed by atoms with E-state index >= 15 is 0 Å². The third-order valence-electron chi connectivity index (χ3n) is 6.23. The molecule has 3 heterocycles. The smallest absolute Gasteiger partial charge is 0.233 e. The molecule has 2 fully saturated rings. The molecule has 25 heavy (non-hydrogen) atoms. The minimum Gasteiger partial charge on any atom is -0.358 e. The number of nitrogens with zero attached hydrogens (tertiary/aromatic N) is 3. The lowest BCUT2D eigenvalue weighted by Gasteiger charge is -2.36. The van der Waals surface area contributed by atoms with Crippen molar-refractivity contribution in [1.29, 1.82) is 0 Å². The number of hydrogen-bond acceptors (Lipinski definition) is 5. The van der Waals surface area contributed by atoms with Crippen LogP contribution in [-0.4, -0.2) is 66.5 Å². The van der Waals surface area contributed by atoms with Crippen molar-refractivity contribution in [1.82, 2.24) is 20.1 Å². The van der Waals surface area contributed by atoms with Crippen LogP contribution in [0.3, 0.4) is 0 Å². The number of carbonyl (C=O) groups excluding carboxylic acids is 1. The number of rotatable bonds is 4. The summed E-state index contributed by atoms with van der Waals surface area (Å²) in [4.78, 5) is 23.1. The predicted molar refractivity (Wildman–Crippen MR) is 101 cm³/mol. The molecule has 0 radical (unpaired) electrons. The number of hydrogen-bond donors (Lipinski definition) is 1. The van der Waals surface area contributed by atoms with Gasteiger partial charge in [-0.05, 0) is 45.2 Å². The Hall–Kier alpha value is -0.980. The molecular formula is C19H30N4OS. The highest BCUT2D eigenvalue weighted by Gasteiger charge is 2.29. The minimum absolute atomic E-state index is 0.121. The van der Waals surface area contributed by atoms with Crippen LogP contribution in [0.2, 0.25) is 0 Å². The molecule has 1 aromatic heterocycles. The predicted octanol–water partition coefficient (Wildman–Crippen LogP) is 2.02. The van der Waals surface area contributed by atoms with E-state index in [2.05, 4.69) is 15.1 Å². The molecule has 1 saturated carbocycles. The van der Waals surface area contributed by atoms with Crippen LogP contribution in [0.25, 0.3) is 0 Å². The molecule has 138 valence electrons. The summed E-state index contributed by atoms with van der Waals surface area (Å²) in [6.07, 6.45) is 8.83. The first kappa shape index (κ1) is 17.4. The fourth-order valence-corrected chi connectivity index (χ4v) is 5.58. The van der Waals surface area contributed by atoms with E-state index in [1.165, 1.54) is 49.5 Å². The van der Waals surface area contributed by atoms with Gasteiger partial charge in [0.1, 0.15) is 0 Å². The summed E-state index contributed by atoms with van der Waals surface area (Å²) < 4.78 is 0. The third kappa shape index (κ3) is 3.91. The van der Waals surface area contributed by atoms with Gasteiger partial charge in [-0.15, -0.1) is 11.3 Å². The van der Waals surface area contributed by atoms with E-state index in [4.69, 9.17) is 4.98 Å². The lowest BCUT2D eigenvalue weighted by molar-refractivity contribution is -0.122. The molecule has 3 aliphatic rings. The molecule has 2 aliphatic heterocycles. The topological polar surface area (TPSA) is 48.5 Å². The van der Waals surface area contributed by atoms with Crippen LogP contribution in [-0.2, 0) is 17.6 Å². The van der Waals surface area contributed by atoms with Gasteiger partial charge in [-0.25, -0.2) is 4.98 Å². The first-order valence-corrected chi connectivity index (χ1v) is 10.7. The summed E-state index contributed by atoms with van der Waals surface area (Å²) >= 11 is 1.98. The molecule has 0 atom stereocenters. The summed E-state index contributed by atoms with van der Waals surface area (Å²) in [5.41, 5.74) is 1.38. The summed E-state index contributed by atoms with van der Waals surface area (Å²) in [6, 6.07) is 0.859. The van der Waals surface area contributed by atoms with Crippen molar-refractivity contribution >= 4 is 17.2 Å². The van der Waals surface area contributed by atoms with Crippen LogP contribution in [0.1, 0.15) is 53.6 Å². The highest BCUT2D eigenvalue weighted by Crippen LogP contribution is 2.35. The summed E-state index contributed by atoms with van der Waals surface area (Å²) in [5.74, 6) is 0.719. The van der Waals surface area contributed by atoms with Gasteiger partial charge in [0.25, 0.3) is 0 Å². The van der Waals surface area contributed by atoms with Crippen molar-refractivity contribution in [3.8, 4) is 0 Å². The largest absolute Gasteiger partial charge is 0.358 e. The van der Waals surface area contributed by atoms with Crippen LogP contribution < -0.4 is 5.32 Å². The fraction of sp³-hybridized carbons (Fsp3) is 0.789. The summed E-state index contributed by atoms with van der Waals surface area (Å²) in [7, 11) is 1.71. The lowest BCUT2D eigenvalue weighted by Crippen LogP contribution is -2.41. The normalized spacial score (nSPS) is 23.7. The number of nitrogens with one attached hydrogen (secondary N) is 1. The average Bonchev–Trinajstić information content (AvgIpc) is 2.90. The second-order valence-electron chi connectivity index (χ2n) is 7.77. The van der Waals surface area contributed by atoms with Crippen LogP contribution in [0.15, 0.2) is 0 Å². The van der Waals surface area contributed by atoms with E-state index in [-0.39, 0.29) is 5.91 Å². The van der Waals surface area contributed by atoms with E-state index in [0.717, 1.165) is 38.4 Å². The number of carbonyl (C=O) groups is 1. The van der Waals surface area contributed by atoms with E-state index in [9.17, 15) is 4.79 Å². The Morgan fingerprint density at radius 3 is 2.60 bits per heavy atom. The zero-order chi connectivity index (χ0) is 17.2. The molecule has 0 unspecified atom stereocenters. The van der Waals surface area contributed by atoms with Crippen molar-refractivity contribution < 1.29 is 4.79 Å². The zero-order valence-electron chi connectivity index (χ0n) is 15.3. The van der Waals surface area contributed by atoms with E-state index in [1.807, 2.05) is 11.3 Å². The van der Waals surface area contributed by atoms with Gasteiger partial charge in [-0.2, -0.15) is 0 Å². The van der Waals surface area contributed by atoms with Gasteiger partial charge in [-0.3, -0.25) is 14.6 Å². The molecule has 1 aliphatic carbocycles. The molecule has 1 amide bonds. The molecule has 1 saturated heterocycles. The van der Waals surface area contributed by atoms with Gasteiger partial charge in [0.15, 0.2) is 0 Å². The van der Waals surface area contributed by atoms with Crippen LogP contribution >= 0.6 is 11.3 Å². The minimum atomic E-state index is 0.121. The van der Waals surface area contributed by atoms with Crippen molar-refractivity contribution in [3.05, 3.63) is 15.6 Å². The average molecular weight is 363 g/mol. The SMILES string of the molecule is CNC(=O)CN1CCC(c2nc3c(s2)CCN(C2CCC2)CC3)CC1. The number of amides is 1. The first-order chi connectivity index (χ1) is 12.2. The van der Waals surface area contributed by atoms with Crippen LogP contribution in [0.5, 0.6) is 0 Å².